The molecule has 5 rings (SSSR count). The quantitative estimate of drug-likeness (QED) is 0.810. The Balaban J connectivity index is 1.40. The maximum Gasteiger partial charge on any atom is 0.234 e. The first kappa shape index (κ1) is 17.7. The van der Waals surface area contributed by atoms with Crippen LogP contribution < -0.4 is 9.80 Å². The van der Waals surface area contributed by atoms with Crippen LogP contribution in [0.3, 0.4) is 0 Å². The molecular formula is C23H25FN2O2. The van der Waals surface area contributed by atoms with Gasteiger partial charge in [-0.1, -0.05) is 12.1 Å². The highest BCUT2D eigenvalue weighted by Crippen LogP contribution is 2.45. The molecule has 1 unspecified atom stereocenters. The van der Waals surface area contributed by atoms with Gasteiger partial charge >= 0.3 is 0 Å². The predicted molar refractivity (Wildman–Crippen MR) is 107 cm³/mol. The highest BCUT2D eigenvalue weighted by Gasteiger charge is 2.41. The van der Waals surface area contributed by atoms with Gasteiger partial charge in [0.15, 0.2) is 0 Å². The fourth-order valence-electron chi connectivity index (χ4n) is 4.52. The molecule has 4 nitrogen and oxygen atoms in total. The van der Waals surface area contributed by atoms with Crippen molar-refractivity contribution in [1.82, 2.24) is 0 Å². The van der Waals surface area contributed by atoms with Crippen molar-refractivity contribution in [1.29, 1.82) is 0 Å². The molecule has 1 aliphatic carbocycles. The average Bonchev–Trinajstić information content (AvgIpc) is 3.47. The summed E-state index contributed by atoms with van der Waals surface area (Å²) in [7, 11) is 0. The van der Waals surface area contributed by atoms with Gasteiger partial charge in [0, 0.05) is 31.0 Å². The van der Waals surface area contributed by atoms with E-state index in [1.54, 1.807) is 12.1 Å². The van der Waals surface area contributed by atoms with E-state index in [0.29, 0.717) is 5.92 Å². The molecular weight excluding hydrogens is 355 g/mol. The summed E-state index contributed by atoms with van der Waals surface area (Å²) in [4.78, 5) is 17.8. The minimum atomic E-state index is -0.257. The lowest BCUT2D eigenvalue weighted by Gasteiger charge is -2.29. The Bertz CT molecular complexity index is 873. The Kier molecular flexibility index (Phi) is 4.55. The summed E-state index contributed by atoms with van der Waals surface area (Å²) in [6.07, 6.45) is 3.04. The summed E-state index contributed by atoms with van der Waals surface area (Å²) < 4.78 is 18.8. The summed E-state index contributed by atoms with van der Waals surface area (Å²) in [6, 6.07) is 12.9. The molecule has 0 bridgehead atoms. The van der Waals surface area contributed by atoms with Crippen LogP contribution in [0.25, 0.3) is 0 Å². The minimum absolute atomic E-state index is 0.159. The molecule has 0 N–H and O–H groups in total. The average molecular weight is 380 g/mol. The van der Waals surface area contributed by atoms with Crippen LogP contribution in [0.4, 0.5) is 15.8 Å². The van der Waals surface area contributed by atoms with Crippen molar-refractivity contribution < 1.29 is 13.9 Å². The van der Waals surface area contributed by atoms with E-state index < -0.39 is 0 Å². The van der Waals surface area contributed by atoms with Gasteiger partial charge in [-0.2, -0.15) is 0 Å². The van der Waals surface area contributed by atoms with Gasteiger partial charge in [-0.3, -0.25) is 4.79 Å². The zero-order valence-corrected chi connectivity index (χ0v) is 15.9. The summed E-state index contributed by atoms with van der Waals surface area (Å²) in [5.41, 5.74) is 4.43. The number of hydrogen-bond donors (Lipinski definition) is 0. The maximum absolute atomic E-state index is 13.5. The Hall–Kier alpha value is -2.40. The van der Waals surface area contributed by atoms with Gasteiger partial charge in [-0.05, 0) is 66.6 Å². The van der Waals surface area contributed by atoms with Crippen LogP contribution in [0.2, 0.25) is 0 Å². The number of carbonyl (C=O) groups is 1. The van der Waals surface area contributed by atoms with Crippen molar-refractivity contribution in [3.05, 3.63) is 59.4 Å². The molecule has 28 heavy (non-hydrogen) atoms. The van der Waals surface area contributed by atoms with Gasteiger partial charge in [-0.15, -0.1) is 0 Å². The van der Waals surface area contributed by atoms with Crippen LogP contribution in [-0.4, -0.2) is 38.8 Å². The molecule has 2 fully saturated rings. The van der Waals surface area contributed by atoms with Crippen LogP contribution in [-0.2, 0) is 16.0 Å². The number of nitrogens with zero attached hydrogens (tertiary/aromatic N) is 2. The lowest BCUT2D eigenvalue weighted by atomic mass is 9.92. The van der Waals surface area contributed by atoms with E-state index >= 15 is 0 Å². The Labute approximate surface area is 164 Å². The molecule has 0 spiro atoms. The second-order valence-electron chi connectivity index (χ2n) is 8.02. The van der Waals surface area contributed by atoms with E-state index in [9.17, 15) is 9.18 Å². The number of anilines is 2. The van der Waals surface area contributed by atoms with Crippen molar-refractivity contribution in [2.75, 3.05) is 42.6 Å². The number of amides is 1. The summed E-state index contributed by atoms with van der Waals surface area (Å²) in [5.74, 6) is 0.125. The summed E-state index contributed by atoms with van der Waals surface area (Å²) in [5, 5.41) is 0. The third-order valence-electron chi connectivity index (χ3n) is 6.19. The zero-order chi connectivity index (χ0) is 19.1. The first-order valence-electron chi connectivity index (χ1n) is 10.2. The second-order valence-corrected chi connectivity index (χ2v) is 8.02. The van der Waals surface area contributed by atoms with Gasteiger partial charge in [0.1, 0.15) is 5.82 Å². The smallest absolute Gasteiger partial charge is 0.234 e. The molecule has 1 saturated carbocycles. The van der Waals surface area contributed by atoms with Crippen LogP contribution in [0.15, 0.2) is 42.5 Å². The van der Waals surface area contributed by atoms with Crippen LogP contribution >= 0.6 is 0 Å². The number of hydrogen-bond acceptors (Lipinski definition) is 3. The largest absolute Gasteiger partial charge is 0.378 e. The third-order valence-corrected chi connectivity index (χ3v) is 6.19. The number of rotatable bonds is 4. The summed E-state index contributed by atoms with van der Waals surface area (Å²) in [6.45, 7) is 4.08. The highest BCUT2D eigenvalue weighted by atomic mass is 19.1. The van der Waals surface area contributed by atoms with E-state index in [-0.39, 0.29) is 17.6 Å². The van der Waals surface area contributed by atoms with Crippen LogP contribution in [0.5, 0.6) is 0 Å². The normalized spacial score (nSPS) is 20.2. The highest BCUT2D eigenvalue weighted by molar-refractivity contribution is 6.00. The van der Waals surface area contributed by atoms with Crippen molar-refractivity contribution >= 4 is 17.3 Å². The Morgan fingerprint density at radius 3 is 2.50 bits per heavy atom. The summed E-state index contributed by atoms with van der Waals surface area (Å²) >= 11 is 0. The van der Waals surface area contributed by atoms with Crippen LogP contribution in [0.1, 0.15) is 29.9 Å². The number of benzene rings is 2. The van der Waals surface area contributed by atoms with E-state index in [0.717, 1.165) is 63.4 Å². The van der Waals surface area contributed by atoms with E-state index in [2.05, 4.69) is 23.1 Å². The number of fused-ring (bicyclic) bond motifs is 1. The molecule has 1 amide bonds. The van der Waals surface area contributed by atoms with E-state index in [1.807, 2.05) is 4.90 Å². The molecule has 3 aliphatic rings. The standard InChI is InChI=1S/C23H25FN2O2/c24-19-5-3-17(4-6-19)22(16-1-2-16)23(27)26-10-9-18-15-20(7-8-21(18)26)25-11-13-28-14-12-25/h3-8,15-16,22H,1-2,9-14H2. The number of ether oxygens (including phenoxy) is 1. The zero-order valence-electron chi connectivity index (χ0n) is 15.9. The van der Waals surface area contributed by atoms with Gasteiger partial charge in [0.2, 0.25) is 5.91 Å². The maximum atomic E-state index is 13.5. The molecule has 1 atom stereocenters. The molecule has 1 saturated heterocycles. The first-order chi connectivity index (χ1) is 13.7. The molecule has 5 heteroatoms. The number of morpholine rings is 1. The third kappa shape index (κ3) is 3.28. The van der Waals surface area contributed by atoms with Gasteiger partial charge < -0.3 is 14.5 Å². The van der Waals surface area contributed by atoms with Crippen molar-refractivity contribution in [3.63, 3.8) is 0 Å². The van der Waals surface area contributed by atoms with Crippen molar-refractivity contribution in [3.8, 4) is 0 Å². The topological polar surface area (TPSA) is 32.8 Å². The molecule has 0 radical (unpaired) electrons. The lowest BCUT2D eigenvalue weighted by molar-refractivity contribution is -0.120. The fraction of sp³-hybridized carbons (Fsp3) is 0.435. The predicted octanol–water partition coefficient (Wildman–Crippen LogP) is 3.75. The van der Waals surface area contributed by atoms with E-state index in [4.69, 9.17) is 4.74 Å². The Morgan fingerprint density at radius 1 is 1.04 bits per heavy atom. The van der Waals surface area contributed by atoms with Gasteiger partial charge in [0.05, 0.1) is 19.1 Å². The SMILES string of the molecule is O=C(C(c1ccc(F)cc1)C1CC1)N1CCc2cc(N3CCOCC3)ccc21. The molecule has 2 aromatic rings. The molecule has 2 heterocycles. The first-order valence-corrected chi connectivity index (χ1v) is 10.2. The fourth-order valence-corrected chi connectivity index (χ4v) is 4.52. The molecule has 2 aromatic carbocycles. The molecule has 146 valence electrons. The van der Waals surface area contributed by atoms with Crippen molar-refractivity contribution in [2.24, 2.45) is 5.92 Å². The molecule has 0 aromatic heterocycles. The number of carbonyl (C=O) groups excluding carboxylic acids is 1. The second kappa shape index (κ2) is 7.21. The monoisotopic (exact) mass is 380 g/mol. The van der Waals surface area contributed by atoms with Crippen LogP contribution in [0, 0.1) is 11.7 Å². The lowest BCUT2D eigenvalue weighted by Crippen LogP contribution is -2.36. The van der Waals surface area contributed by atoms with Crippen molar-refractivity contribution in [2.45, 2.75) is 25.2 Å². The number of halogens is 1. The Morgan fingerprint density at radius 2 is 1.79 bits per heavy atom. The molecule has 2 aliphatic heterocycles. The van der Waals surface area contributed by atoms with Gasteiger partial charge in [0.25, 0.3) is 0 Å². The van der Waals surface area contributed by atoms with E-state index in [1.165, 1.54) is 23.4 Å². The van der Waals surface area contributed by atoms with Gasteiger partial charge in [-0.25, -0.2) is 4.39 Å². The minimum Gasteiger partial charge on any atom is -0.378 e.